The second kappa shape index (κ2) is 6.62. The molecule has 1 heterocycles. The van der Waals surface area contributed by atoms with Gasteiger partial charge in [-0.25, -0.2) is 0 Å². The first-order valence-corrected chi connectivity index (χ1v) is 7.37. The van der Waals surface area contributed by atoms with Crippen LogP contribution in [0.5, 0.6) is 5.75 Å². The van der Waals surface area contributed by atoms with Crippen molar-refractivity contribution in [2.45, 2.75) is 13.0 Å². The zero-order valence-electron chi connectivity index (χ0n) is 12.6. The summed E-state index contributed by atoms with van der Waals surface area (Å²) in [4.78, 5) is 11.4. The largest absolute Gasteiger partial charge is 0.493 e. The predicted molar refractivity (Wildman–Crippen MR) is 84.8 cm³/mol. The normalized spacial score (nSPS) is 12.6. The van der Waals surface area contributed by atoms with Gasteiger partial charge in [0.25, 0.3) is 0 Å². The maximum absolute atomic E-state index is 11.4. The molecular formula is C18H19NO3. The molecule has 1 N–H and O–H groups in total. The van der Waals surface area contributed by atoms with E-state index in [1.54, 1.807) is 0 Å². The van der Waals surface area contributed by atoms with Crippen LogP contribution >= 0.6 is 0 Å². The zero-order chi connectivity index (χ0) is 15.4. The summed E-state index contributed by atoms with van der Waals surface area (Å²) in [5.74, 6) is 0.895. The number of nitrogens with one attached hydrogen (secondary N) is 1. The standard InChI is InChI=1S/C18H19NO3/c1-21-12-18(20)19-11-13-2-4-14(5-3-13)15-6-7-17-16(10-15)8-9-22-17/h2-7,10H,8-9,11-12H2,1H3,(H,19,20). The maximum atomic E-state index is 11.4. The highest BCUT2D eigenvalue weighted by atomic mass is 16.5. The van der Waals surface area contributed by atoms with Crippen LogP contribution in [0.15, 0.2) is 42.5 Å². The Balaban J connectivity index is 1.67. The number of carbonyl (C=O) groups is 1. The molecule has 3 rings (SSSR count). The lowest BCUT2D eigenvalue weighted by Crippen LogP contribution is -2.26. The van der Waals surface area contributed by atoms with Crippen LogP contribution < -0.4 is 10.1 Å². The van der Waals surface area contributed by atoms with Crippen LogP contribution in [0.2, 0.25) is 0 Å². The van der Waals surface area contributed by atoms with Crippen molar-refractivity contribution < 1.29 is 14.3 Å². The molecule has 114 valence electrons. The number of fused-ring (bicyclic) bond motifs is 1. The molecule has 4 heteroatoms. The molecule has 0 saturated heterocycles. The second-order valence-electron chi connectivity index (χ2n) is 5.33. The molecule has 0 unspecified atom stereocenters. The minimum Gasteiger partial charge on any atom is -0.493 e. The third kappa shape index (κ3) is 3.28. The molecule has 0 aromatic heterocycles. The average Bonchev–Trinajstić information content (AvgIpc) is 3.01. The van der Waals surface area contributed by atoms with Crippen LogP contribution in [0.25, 0.3) is 11.1 Å². The van der Waals surface area contributed by atoms with E-state index in [-0.39, 0.29) is 12.5 Å². The number of hydrogen-bond acceptors (Lipinski definition) is 3. The molecule has 22 heavy (non-hydrogen) atoms. The molecule has 2 aromatic rings. The number of benzene rings is 2. The number of amides is 1. The SMILES string of the molecule is COCC(=O)NCc1ccc(-c2ccc3c(c2)CCO3)cc1. The Hall–Kier alpha value is -2.33. The van der Waals surface area contributed by atoms with E-state index in [0.717, 1.165) is 24.3 Å². The third-order valence-electron chi connectivity index (χ3n) is 3.74. The summed E-state index contributed by atoms with van der Waals surface area (Å²) in [5, 5.41) is 2.81. The first kappa shape index (κ1) is 14.6. The number of carbonyl (C=O) groups excluding carboxylic acids is 1. The first-order chi connectivity index (χ1) is 10.8. The van der Waals surface area contributed by atoms with Gasteiger partial charge in [0.1, 0.15) is 12.4 Å². The molecule has 4 nitrogen and oxygen atoms in total. The summed E-state index contributed by atoms with van der Waals surface area (Å²) < 4.78 is 10.3. The highest BCUT2D eigenvalue weighted by Crippen LogP contribution is 2.30. The van der Waals surface area contributed by atoms with Crippen molar-refractivity contribution in [2.75, 3.05) is 20.3 Å². The van der Waals surface area contributed by atoms with Crippen molar-refractivity contribution in [3.05, 3.63) is 53.6 Å². The van der Waals surface area contributed by atoms with Crippen molar-refractivity contribution in [1.29, 1.82) is 0 Å². The van der Waals surface area contributed by atoms with E-state index in [9.17, 15) is 4.79 Å². The van der Waals surface area contributed by atoms with E-state index in [1.165, 1.54) is 23.8 Å². The average molecular weight is 297 g/mol. The summed E-state index contributed by atoms with van der Waals surface area (Å²) in [7, 11) is 1.51. The molecule has 0 bridgehead atoms. The smallest absolute Gasteiger partial charge is 0.246 e. The van der Waals surface area contributed by atoms with E-state index in [1.807, 2.05) is 18.2 Å². The quantitative estimate of drug-likeness (QED) is 0.922. The summed E-state index contributed by atoms with van der Waals surface area (Å²) in [6, 6.07) is 14.5. The lowest BCUT2D eigenvalue weighted by atomic mass is 10.0. The van der Waals surface area contributed by atoms with Gasteiger partial charge < -0.3 is 14.8 Å². The Labute approximate surface area is 130 Å². The highest BCUT2D eigenvalue weighted by Gasteiger charge is 2.12. The van der Waals surface area contributed by atoms with Gasteiger partial charge in [-0.15, -0.1) is 0 Å². The van der Waals surface area contributed by atoms with Gasteiger partial charge in [-0.05, 0) is 34.4 Å². The van der Waals surface area contributed by atoms with Gasteiger partial charge in [-0.1, -0.05) is 30.3 Å². The molecule has 0 atom stereocenters. The predicted octanol–water partition coefficient (Wildman–Crippen LogP) is 2.55. The van der Waals surface area contributed by atoms with Gasteiger partial charge in [-0.3, -0.25) is 4.79 Å². The summed E-state index contributed by atoms with van der Waals surface area (Å²) in [5.41, 5.74) is 4.70. The van der Waals surface area contributed by atoms with E-state index >= 15 is 0 Å². The highest BCUT2D eigenvalue weighted by molar-refractivity contribution is 5.77. The molecule has 1 aliphatic rings. The van der Waals surface area contributed by atoms with Gasteiger partial charge >= 0.3 is 0 Å². The Kier molecular flexibility index (Phi) is 4.39. The Bertz CT molecular complexity index is 665. The van der Waals surface area contributed by atoms with Crippen molar-refractivity contribution in [3.63, 3.8) is 0 Å². The Morgan fingerprint density at radius 1 is 1.18 bits per heavy atom. The fourth-order valence-corrected chi connectivity index (χ4v) is 2.56. The van der Waals surface area contributed by atoms with Crippen LogP contribution in [0.3, 0.4) is 0 Å². The monoisotopic (exact) mass is 297 g/mol. The molecule has 0 aliphatic carbocycles. The molecule has 0 spiro atoms. The van der Waals surface area contributed by atoms with Crippen molar-refractivity contribution >= 4 is 5.91 Å². The third-order valence-corrected chi connectivity index (χ3v) is 3.74. The van der Waals surface area contributed by atoms with Crippen LogP contribution in [0.4, 0.5) is 0 Å². The molecule has 2 aromatic carbocycles. The number of rotatable bonds is 5. The minimum absolute atomic E-state index is 0.0925. The van der Waals surface area contributed by atoms with Crippen LogP contribution in [-0.4, -0.2) is 26.2 Å². The van der Waals surface area contributed by atoms with Crippen molar-refractivity contribution in [3.8, 4) is 16.9 Å². The van der Waals surface area contributed by atoms with E-state index < -0.39 is 0 Å². The zero-order valence-corrected chi connectivity index (χ0v) is 12.6. The van der Waals surface area contributed by atoms with Crippen LogP contribution in [0.1, 0.15) is 11.1 Å². The Morgan fingerprint density at radius 3 is 2.73 bits per heavy atom. The molecule has 0 radical (unpaired) electrons. The first-order valence-electron chi connectivity index (χ1n) is 7.37. The van der Waals surface area contributed by atoms with Gasteiger partial charge in [0.05, 0.1) is 6.61 Å². The van der Waals surface area contributed by atoms with Gasteiger partial charge in [0.15, 0.2) is 0 Å². The van der Waals surface area contributed by atoms with Gasteiger partial charge in [0.2, 0.25) is 5.91 Å². The van der Waals surface area contributed by atoms with Crippen LogP contribution in [-0.2, 0) is 22.5 Å². The van der Waals surface area contributed by atoms with E-state index in [2.05, 4.69) is 29.6 Å². The number of ether oxygens (including phenoxy) is 2. The van der Waals surface area contributed by atoms with Gasteiger partial charge in [-0.2, -0.15) is 0 Å². The molecule has 0 fully saturated rings. The fourth-order valence-electron chi connectivity index (χ4n) is 2.56. The topological polar surface area (TPSA) is 47.6 Å². The van der Waals surface area contributed by atoms with Crippen LogP contribution in [0, 0.1) is 0 Å². The summed E-state index contributed by atoms with van der Waals surface area (Å²) in [6.45, 7) is 1.38. The summed E-state index contributed by atoms with van der Waals surface area (Å²) in [6.07, 6.45) is 0.979. The number of hydrogen-bond donors (Lipinski definition) is 1. The lowest BCUT2D eigenvalue weighted by molar-refractivity contribution is -0.124. The summed E-state index contributed by atoms with van der Waals surface area (Å²) >= 11 is 0. The van der Waals surface area contributed by atoms with E-state index in [4.69, 9.17) is 9.47 Å². The number of methoxy groups -OCH3 is 1. The minimum atomic E-state index is -0.106. The lowest BCUT2D eigenvalue weighted by Gasteiger charge is -2.07. The molecule has 1 amide bonds. The Morgan fingerprint density at radius 2 is 1.95 bits per heavy atom. The van der Waals surface area contributed by atoms with E-state index in [0.29, 0.717) is 6.54 Å². The van der Waals surface area contributed by atoms with Crippen molar-refractivity contribution in [2.24, 2.45) is 0 Å². The molecule has 0 saturated carbocycles. The molecular weight excluding hydrogens is 278 g/mol. The maximum Gasteiger partial charge on any atom is 0.246 e. The van der Waals surface area contributed by atoms with Gasteiger partial charge in [0, 0.05) is 20.1 Å². The molecule has 1 aliphatic heterocycles. The second-order valence-corrected chi connectivity index (χ2v) is 5.33. The van der Waals surface area contributed by atoms with Crippen molar-refractivity contribution in [1.82, 2.24) is 5.32 Å². The fraction of sp³-hybridized carbons (Fsp3) is 0.278.